The second kappa shape index (κ2) is 8.23. The van der Waals surface area contributed by atoms with Crippen molar-refractivity contribution in [3.63, 3.8) is 0 Å². The summed E-state index contributed by atoms with van der Waals surface area (Å²) in [7, 11) is -2.14. The van der Waals surface area contributed by atoms with E-state index in [0.29, 0.717) is 0 Å². The van der Waals surface area contributed by atoms with E-state index in [1.165, 1.54) is 0 Å². The summed E-state index contributed by atoms with van der Waals surface area (Å²) in [5, 5.41) is 0. The lowest BCUT2D eigenvalue weighted by atomic mass is 10.5. The van der Waals surface area contributed by atoms with E-state index < -0.39 is 8.60 Å². The molecule has 0 fully saturated rings. The third-order valence-electron chi connectivity index (χ3n) is 0.305. The van der Waals surface area contributed by atoms with Gasteiger partial charge in [-0.15, -0.1) is 0 Å². The van der Waals surface area contributed by atoms with Crippen molar-refractivity contribution in [2.45, 2.75) is 20.0 Å². The van der Waals surface area contributed by atoms with E-state index in [2.05, 4.69) is 4.52 Å². The molecule has 0 atom stereocenters. The largest absolute Gasteiger partial charge is 0.344 e. The van der Waals surface area contributed by atoms with Crippen LogP contribution >= 0.6 is 8.60 Å². The van der Waals surface area contributed by atoms with Crippen molar-refractivity contribution in [3.05, 3.63) is 0 Å². The SMILES string of the molecule is CC(C)OP(O)O.N.N. The van der Waals surface area contributed by atoms with Crippen LogP contribution in [0.2, 0.25) is 0 Å². The molecule has 8 N–H and O–H groups in total. The van der Waals surface area contributed by atoms with Gasteiger partial charge in [0.2, 0.25) is 0 Å². The minimum absolute atomic E-state index is 0. The fraction of sp³-hybridized carbons (Fsp3) is 1.00. The summed E-state index contributed by atoms with van der Waals surface area (Å²) in [6.07, 6.45) is -0.0962. The van der Waals surface area contributed by atoms with Crippen LogP contribution in [0.15, 0.2) is 0 Å². The second-order valence-electron chi connectivity index (χ2n) is 1.41. The summed E-state index contributed by atoms with van der Waals surface area (Å²) in [5.74, 6) is 0. The van der Waals surface area contributed by atoms with E-state index in [-0.39, 0.29) is 18.4 Å². The fourth-order valence-corrected chi connectivity index (χ4v) is 0.566. The quantitative estimate of drug-likeness (QED) is 0.446. The van der Waals surface area contributed by atoms with Crippen LogP contribution in [-0.4, -0.2) is 15.9 Å². The van der Waals surface area contributed by atoms with Crippen LogP contribution < -0.4 is 12.3 Å². The highest BCUT2D eigenvalue weighted by Crippen LogP contribution is 2.25. The first-order chi connectivity index (χ1) is 3.13. The maximum absolute atomic E-state index is 8.12. The summed E-state index contributed by atoms with van der Waals surface area (Å²) in [6, 6.07) is 0. The van der Waals surface area contributed by atoms with Crippen molar-refractivity contribution >= 4 is 8.60 Å². The average molecular weight is 158 g/mol. The zero-order valence-corrected chi connectivity index (χ0v) is 6.64. The molecule has 6 heteroatoms. The molecule has 0 aromatic heterocycles. The molecule has 0 saturated heterocycles. The molecular weight excluding hydrogens is 143 g/mol. The summed E-state index contributed by atoms with van der Waals surface area (Å²) >= 11 is 0. The molecule has 0 saturated carbocycles. The summed E-state index contributed by atoms with van der Waals surface area (Å²) in [4.78, 5) is 16.2. The average Bonchev–Trinajstić information content (AvgIpc) is 1.27. The molecule has 0 bridgehead atoms. The zero-order valence-electron chi connectivity index (χ0n) is 5.74. The minimum atomic E-state index is -2.14. The van der Waals surface area contributed by atoms with Crippen LogP contribution in [0.1, 0.15) is 13.8 Å². The molecule has 60 valence electrons. The van der Waals surface area contributed by atoms with Crippen molar-refractivity contribution in [3.8, 4) is 0 Å². The summed E-state index contributed by atoms with van der Waals surface area (Å²) in [6.45, 7) is 3.48. The molecule has 0 amide bonds. The molecule has 0 aliphatic heterocycles. The maximum Gasteiger partial charge on any atom is 0.327 e. The lowest BCUT2D eigenvalue weighted by Crippen LogP contribution is -1.95. The van der Waals surface area contributed by atoms with Gasteiger partial charge in [0, 0.05) is 0 Å². The Labute approximate surface area is 56.2 Å². The number of hydrogen-bond donors (Lipinski definition) is 4. The Morgan fingerprint density at radius 1 is 1.22 bits per heavy atom. The van der Waals surface area contributed by atoms with Gasteiger partial charge in [-0.25, -0.2) is 0 Å². The molecule has 0 radical (unpaired) electrons. The van der Waals surface area contributed by atoms with E-state index in [9.17, 15) is 0 Å². The normalized spacial score (nSPS) is 8.67. The van der Waals surface area contributed by atoms with E-state index in [1.54, 1.807) is 13.8 Å². The van der Waals surface area contributed by atoms with Gasteiger partial charge in [-0.2, -0.15) is 0 Å². The predicted molar refractivity (Wildman–Crippen MR) is 37.6 cm³/mol. The van der Waals surface area contributed by atoms with Gasteiger partial charge in [-0.3, -0.25) is 0 Å². The first-order valence-corrected chi connectivity index (χ1v) is 3.14. The van der Waals surface area contributed by atoms with Gasteiger partial charge in [0.25, 0.3) is 0 Å². The highest BCUT2D eigenvalue weighted by Gasteiger charge is 2.00. The highest BCUT2D eigenvalue weighted by atomic mass is 31.2. The highest BCUT2D eigenvalue weighted by molar-refractivity contribution is 7.39. The van der Waals surface area contributed by atoms with E-state index in [4.69, 9.17) is 9.79 Å². The Balaban J connectivity index is -0.000000180. The van der Waals surface area contributed by atoms with Gasteiger partial charge < -0.3 is 26.6 Å². The fourth-order valence-electron chi connectivity index (χ4n) is 0.189. The van der Waals surface area contributed by atoms with E-state index in [1.807, 2.05) is 0 Å². The predicted octanol–water partition coefficient (Wildman–Crippen LogP) is 0.947. The third kappa shape index (κ3) is 17.9. The van der Waals surface area contributed by atoms with Gasteiger partial charge in [0.05, 0.1) is 6.10 Å². The Hall–Kier alpha value is 0.230. The first kappa shape index (κ1) is 16.1. The molecule has 5 nitrogen and oxygen atoms in total. The lowest BCUT2D eigenvalue weighted by molar-refractivity contribution is 0.201. The van der Waals surface area contributed by atoms with Crippen LogP contribution in [0.5, 0.6) is 0 Å². The topological polar surface area (TPSA) is 120 Å². The molecule has 0 unspecified atom stereocenters. The molecule has 9 heavy (non-hydrogen) atoms. The van der Waals surface area contributed by atoms with Gasteiger partial charge in [-0.05, 0) is 13.8 Å². The van der Waals surface area contributed by atoms with E-state index >= 15 is 0 Å². The third-order valence-corrected chi connectivity index (χ3v) is 0.915. The molecule has 0 aliphatic rings. The number of rotatable bonds is 2. The Morgan fingerprint density at radius 2 is 1.56 bits per heavy atom. The van der Waals surface area contributed by atoms with Crippen LogP contribution in [-0.2, 0) is 4.52 Å². The molecule has 0 heterocycles. The summed E-state index contributed by atoms with van der Waals surface area (Å²) < 4.78 is 4.43. The maximum atomic E-state index is 8.12. The first-order valence-electron chi connectivity index (χ1n) is 1.97. The number of hydrogen-bond acceptors (Lipinski definition) is 5. The molecule has 0 spiro atoms. The smallest absolute Gasteiger partial charge is 0.327 e. The Bertz CT molecular complexity index is 46.3. The Kier molecular flexibility index (Phi) is 14.7. The van der Waals surface area contributed by atoms with Crippen molar-refractivity contribution in [1.29, 1.82) is 0 Å². The second-order valence-corrected chi connectivity index (χ2v) is 2.12. The lowest BCUT2D eigenvalue weighted by Gasteiger charge is -2.04. The van der Waals surface area contributed by atoms with Crippen LogP contribution in [0.4, 0.5) is 0 Å². The molecule has 0 aliphatic carbocycles. The minimum Gasteiger partial charge on any atom is -0.344 e. The molecule has 0 aromatic rings. The van der Waals surface area contributed by atoms with Gasteiger partial charge in [0.1, 0.15) is 0 Å². The standard InChI is InChI=1S/C3H9O3P.2H3N/c1-3(2)6-7(4)5;;/h3-5H,1-2H3;2*1H3. The Morgan fingerprint density at radius 3 is 1.56 bits per heavy atom. The van der Waals surface area contributed by atoms with Crippen molar-refractivity contribution in [2.75, 3.05) is 0 Å². The van der Waals surface area contributed by atoms with Gasteiger partial charge in [0.15, 0.2) is 0 Å². The molecule has 0 aromatic carbocycles. The van der Waals surface area contributed by atoms with Gasteiger partial charge >= 0.3 is 8.60 Å². The van der Waals surface area contributed by atoms with E-state index in [0.717, 1.165) is 0 Å². The zero-order chi connectivity index (χ0) is 5.86. The summed E-state index contributed by atoms with van der Waals surface area (Å²) in [5.41, 5.74) is 0. The van der Waals surface area contributed by atoms with Crippen LogP contribution in [0.3, 0.4) is 0 Å². The van der Waals surface area contributed by atoms with Crippen molar-refractivity contribution < 1.29 is 14.3 Å². The van der Waals surface area contributed by atoms with Crippen molar-refractivity contribution in [1.82, 2.24) is 12.3 Å². The molecule has 0 rings (SSSR count). The molecular formula is C3H15N2O3P. The van der Waals surface area contributed by atoms with Crippen LogP contribution in [0, 0.1) is 0 Å². The van der Waals surface area contributed by atoms with Crippen molar-refractivity contribution in [2.24, 2.45) is 0 Å². The monoisotopic (exact) mass is 158 g/mol. The van der Waals surface area contributed by atoms with Crippen LogP contribution in [0.25, 0.3) is 0 Å². The van der Waals surface area contributed by atoms with Gasteiger partial charge in [-0.1, -0.05) is 0 Å².